The third kappa shape index (κ3) is 16.3. The molecule has 0 saturated carbocycles. The molecule has 0 atom stereocenters. The van der Waals surface area contributed by atoms with Gasteiger partial charge in [0.05, 0.1) is 0 Å². The van der Waals surface area contributed by atoms with Gasteiger partial charge in [-0.25, -0.2) is 0 Å². The topological polar surface area (TPSA) is 3.24 Å². The Hall–Kier alpha value is -0.0400. The Bertz CT molecular complexity index is 351. The lowest BCUT2D eigenvalue weighted by molar-refractivity contribution is 0.00199. The molecule has 0 aliphatic carbocycles. The van der Waals surface area contributed by atoms with Crippen molar-refractivity contribution in [3.8, 4) is 0 Å². The second-order valence-corrected chi connectivity index (χ2v) is 11.6. The molecule has 0 rings (SSSR count). The summed E-state index contributed by atoms with van der Waals surface area (Å²) in [6.07, 6.45) is 28.2. The minimum Gasteiger partial charge on any atom is -0.293 e. The van der Waals surface area contributed by atoms with E-state index in [9.17, 15) is 0 Å². The molecule has 0 aromatic heterocycles. The molecule has 1 nitrogen and oxygen atoms in total. The molecule has 0 aliphatic heterocycles. The van der Waals surface area contributed by atoms with E-state index >= 15 is 0 Å². The fourth-order valence-electron chi connectivity index (χ4n) is 5.38. The molecule has 0 heterocycles. The van der Waals surface area contributed by atoms with Gasteiger partial charge in [0.1, 0.15) is 0 Å². The van der Waals surface area contributed by atoms with Crippen LogP contribution in [0.5, 0.6) is 0 Å². The minimum absolute atomic E-state index is 0.323. The summed E-state index contributed by atoms with van der Waals surface area (Å²) in [5, 5.41) is 0. The zero-order chi connectivity index (χ0) is 23.4. The van der Waals surface area contributed by atoms with E-state index in [1.165, 1.54) is 135 Å². The SMILES string of the molecule is CCCCCCCCCCCCCCCCN(C(C)(C)CCCC)C(C)(C)CCCC. The maximum Gasteiger partial charge on any atom is 0.0158 e. The molecule has 0 saturated heterocycles. The molecule has 0 fully saturated rings. The van der Waals surface area contributed by atoms with E-state index < -0.39 is 0 Å². The summed E-state index contributed by atoms with van der Waals surface area (Å²) >= 11 is 0. The number of rotatable bonds is 23. The quantitative estimate of drug-likeness (QED) is 0.144. The van der Waals surface area contributed by atoms with Gasteiger partial charge in [0, 0.05) is 11.1 Å². The zero-order valence-corrected chi connectivity index (χ0v) is 23.3. The average Bonchev–Trinajstić information content (AvgIpc) is 2.73. The van der Waals surface area contributed by atoms with Gasteiger partial charge in [-0.05, 0) is 53.5 Å². The molecule has 0 spiro atoms. The van der Waals surface area contributed by atoms with Crippen LogP contribution in [-0.2, 0) is 0 Å². The number of nitrogens with zero attached hydrogens (tertiary/aromatic N) is 1. The Labute approximate surface area is 199 Å². The van der Waals surface area contributed by atoms with Crippen LogP contribution in [0, 0.1) is 0 Å². The first kappa shape index (κ1) is 31.0. The van der Waals surface area contributed by atoms with Crippen molar-refractivity contribution in [2.24, 2.45) is 0 Å². The van der Waals surface area contributed by atoms with Crippen LogP contribution in [0.25, 0.3) is 0 Å². The monoisotopic (exact) mass is 437 g/mol. The first-order valence-electron chi connectivity index (χ1n) is 14.6. The lowest BCUT2D eigenvalue weighted by atomic mass is 9.85. The van der Waals surface area contributed by atoms with E-state index in [0.717, 1.165) is 0 Å². The van der Waals surface area contributed by atoms with Crippen LogP contribution in [0.3, 0.4) is 0 Å². The van der Waals surface area contributed by atoms with Crippen molar-refractivity contribution in [2.75, 3.05) is 6.54 Å². The van der Waals surface area contributed by atoms with Crippen molar-refractivity contribution >= 4 is 0 Å². The van der Waals surface area contributed by atoms with Gasteiger partial charge < -0.3 is 0 Å². The smallest absolute Gasteiger partial charge is 0.0158 e. The maximum absolute atomic E-state index is 2.88. The van der Waals surface area contributed by atoms with Gasteiger partial charge in [0.25, 0.3) is 0 Å². The van der Waals surface area contributed by atoms with Gasteiger partial charge in [-0.15, -0.1) is 0 Å². The van der Waals surface area contributed by atoms with Crippen molar-refractivity contribution < 1.29 is 0 Å². The minimum atomic E-state index is 0.323. The van der Waals surface area contributed by atoms with Crippen LogP contribution in [0.2, 0.25) is 0 Å². The molecular formula is C30H63N. The molecule has 31 heavy (non-hydrogen) atoms. The lowest BCUT2D eigenvalue weighted by Crippen LogP contribution is -2.55. The van der Waals surface area contributed by atoms with E-state index in [1.54, 1.807) is 0 Å². The fourth-order valence-corrected chi connectivity index (χ4v) is 5.38. The summed E-state index contributed by atoms with van der Waals surface area (Å²) in [7, 11) is 0. The zero-order valence-electron chi connectivity index (χ0n) is 23.3. The molecule has 188 valence electrons. The Morgan fingerprint density at radius 3 is 1.00 bits per heavy atom. The first-order valence-corrected chi connectivity index (χ1v) is 14.6. The first-order chi connectivity index (χ1) is 14.8. The molecule has 0 amide bonds. The highest BCUT2D eigenvalue weighted by Gasteiger charge is 2.36. The fraction of sp³-hybridized carbons (Fsp3) is 1.00. The molecule has 0 aliphatic rings. The van der Waals surface area contributed by atoms with Crippen LogP contribution in [0.1, 0.15) is 177 Å². The molecule has 0 N–H and O–H groups in total. The highest BCUT2D eigenvalue weighted by molar-refractivity contribution is 4.92. The summed E-state index contributed by atoms with van der Waals surface area (Å²) in [4.78, 5) is 2.88. The normalized spacial score (nSPS) is 12.8. The van der Waals surface area contributed by atoms with Crippen LogP contribution in [0.4, 0.5) is 0 Å². The average molecular weight is 438 g/mol. The van der Waals surface area contributed by atoms with Gasteiger partial charge in [0.15, 0.2) is 0 Å². The van der Waals surface area contributed by atoms with E-state index in [4.69, 9.17) is 0 Å². The van der Waals surface area contributed by atoms with Gasteiger partial charge in [0.2, 0.25) is 0 Å². The van der Waals surface area contributed by atoms with Crippen LogP contribution >= 0.6 is 0 Å². The largest absolute Gasteiger partial charge is 0.293 e. The predicted octanol–water partition coefficient (Wildman–Crippen LogP) is 10.7. The molecule has 1 heteroatoms. The predicted molar refractivity (Wildman–Crippen MR) is 144 cm³/mol. The lowest BCUT2D eigenvalue weighted by Gasteiger charge is -2.49. The maximum atomic E-state index is 2.88. The van der Waals surface area contributed by atoms with Crippen molar-refractivity contribution in [1.29, 1.82) is 0 Å². The Morgan fingerprint density at radius 1 is 0.387 bits per heavy atom. The van der Waals surface area contributed by atoms with E-state index in [2.05, 4.69) is 53.4 Å². The van der Waals surface area contributed by atoms with Crippen LogP contribution < -0.4 is 0 Å². The molecule has 0 unspecified atom stereocenters. The van der Waals surface area contributed by atoms with Gasteiger partial charge in [-0.3, -0.25) is 4.90 Å². The standard InChI is InChI=1S/C30H63N/c1-8-11-14-15-16-17-18-19-20-21-22-23-24-25-28-31(29(4,5)26-12-9-2)30(6,7)27-13-10-3/h8-28H2,1-7H3. The summed E-state index contributed by atoms with van der Waals surface area (Å²) in [6, 6.07) is 0. The second kappa shape index (κ2) is 19.4. The van der Waals surface area contributed by atoms with E-state index in [0.29, 0.717) is 11.1 Å². The molecule has 0 aromatic carbocycles. The third-order valence-electron chi connectivity index (χ3n) is 7.48. The van der Waals surface area contributed by atoms with Crippen molar-refractivity contribution in [3.63, 3.8) is 0 Å². The van der Waals surface area contributed by atoms with Crippen molar-refractivity contribution in [2.45, 2.75) is 188 Å². The van der Waals surface area contributed by atoms with Crippen LogP contribution in [0.15, 0.2) is 0 Å². The summed E-state index contributed by atoms with van der Waals surface area (Å²) in [5.41, 5.74) is 0.646. The second-order valence-electron chi connectivity index (χ2n) is 11.6. The Balaban J connectivity index is 4.04. The summed E-state index contributed by atoms with van der Waals surface area (Å²) < 4.78 is 0. The van der Waals surface area contributed by atoms with Crippen molar-refractivity contribution in [1.82, 2.24) is 4.90 Å². The van der Waals surface area contributed by atoms with Gasteiger partial charge in [-0.2, -0.15) is 0 Å². The molecule has 0 bridgehead atoms. The Kier molecular flexibility index (Phi) is 19.4. The highest BCUT2D eigenvalue weighted by Crippen LogP contribution is 2.33. The molecule has 0 aromatic rings. The van der Waals surface area contributed by atoms with Gasteiger partial charge in [-0.1, -0.05) is 130 Å². The van der Waals surface area contributed by atoms with Crippen LogP contribution in [-0.4, -0.2) is 22.5 Å². The molecule has 0 radical (unpaired) electrons. The summed E-state index contributed by atoms with van der Waals surface area (Å²) in [6.45, 7) is 18.2. The van der Waals surface area contributed by atoms with Crippen molar-refractivity contribution in [3.05, 3.63) is 0 Å². The van der Waals surface area contributed by atoms with E-state index in [-0.39, 0.29) is 0 Å². The summed E-state index contributed by atoms with van der Waals surface area (Å²) in [5.74, 6) is 0. The highest BCUT2D eigenvalue weighted by atomic mass is 15.2. The Morgan fingerprint density at radius 2 is 0.677 bits per heavy atom. The third-order valence-corrected chi connectivity index (χ3v) is 7.48. The van der Waals surface area contributed by atoms with Gasteiger partial charge >= 0.3 is 0 Å². The van der Waals surface area contributed by atoms with E-state index in [1.807, 2.05) is 0 Å². The molecular weight excluding hydrogens is 374 g/mol. The number of hydrogen-bond acceptors (Lipinski definition) is 1. The number of hydrogen-bond donors (Lipinski definition) is 0. The number of unbranched alkanes of at least 4 members (excludes halogenated alkanes) is 15.